The Morgan fingerprint density at radius 2 is 2.44 bits per heavy atom. The number of hydrogen-bond acceptors (Lipinski definition) is 1. The average Bonchev–Trinajstić information content (AvgIpc) is 2.34. The Bertz CT molecular complexity index is 164. The van der Waals surface area contributed by atoms with Crippen LogP contribution in [0.4, 0.5) is 0 Å². The molecule has 0 amide bonds. The quantitative estimate of drug-likeness (QED) is 0.559. The van der Waals surface area contributed by atoms with Crippen LogP contribution in [0.3, 0.4) is 0 Å². The number of aromatic nitrogens is 2. The van der Waals surface area contributed by atoms with E-state index in [1.807, 2.05) is 6.20 Å². The van der Waals surface area contributed by atoms with Gasteiger partial charge in [-0.05, 0) is 6.92 Å². The number of rotatable bonds is 2. The normalized spacial score (nSPS) is 10.0. The van der Waals surface area contributed by atoms with Crippen molar-refractivity contribution in [2.45, 2.75) is 13.5 Å². The molecule has 1 aromatic rings. The lowest BCUT2D eigenvalue weighted by Crippen LogP contribution is -2.28. The molecule has 0 bridgehead atoms. The van der Waals surface area contributed by atoms with Crippen molar-refractivity contribution in [3.05, 3.63) is 18.7 Å². The topological polar surface area (TPSA) is 8.81 Å². The van der Waals surface area contributed by atoms with Crippen LogP contribution < -0.4 is 4.57 Å². The van der Waals surface area contributed by atoms with Gasteiger partial charge in [-0.2, -0.15) is 3.97 Å². The summed E-state index contributed by atoms with van der Waals surface area (Å²) in [6.45, 7) is 3.18. The molecule has 0 aliphatic heterocycles. The van der Waals surface area contributed by atoms with Crippen LogP contribution in [0.25, 0.3) is 0 Å². The summed E-state index contributed by atoms with van der Waals surface area (Å²) in [6.07, 6.45) is 8.25. The van der Waals surface area contributed by atoms with Crippen molar-refractivity contribution in [1.29, 1.82) is 0 Å². The molecule has 0 saturated carbocycles. The Balaban J connectivity index is 2.74. The molecule has 1 heterocycles. The van der Waals surface area contributed by atoms with E-state index in [4.69, 9.17) is 0 Å². The highest BCUT2D eigenvalue weighted by Crippen LogP contribution is 1.95. The van der Waals surface area contributed by atoms with Gasteiger partial charge in [-0.25, -0.2) is 4.57 Å². The maximum Gasteiger partial charge on any atom is 0.255 e. The first-order valence-electron chi connectivity index (χ1n) is 2.98. The molecule has 1 aromatic heterocycles. The van der Waals surface area contributed by atoms with Crippen LogP contribution in [0.2, 0.25) is 0 Å². The number of hydrogen-bond donors (Lipinski definition) is 0. The van der Waals surface area contributed by atoms with Gasteiger partial charge in [-0.15, -0.1) is 0 Å². The Hall–Kier alpha value is -0.440. The van der Waals surface area contributed by atoms with Gasteiger partial charge in [0.15, 0.2) is 0 Å². The molecular formula is C6H11N2S+. The van der Waals surface area contributed by atoms with E-state index < -0.39 is 0 Å². The molecule has 50 valence electrons. The molecule has 0 aliphatic rings. The van der Waals surface area contributed by atoms with Crippen molar-refractivity contribution >= 4 is 11.9 Å². The molecule has 0 unspecified atom stereocenters. The molecule has 0 spiro atoms. The van der Waals surface area contributed by atoms with Crippen LogP contribution in [0.15, 0.2) is 18.7 Å². The smallest absolute Gasteiger partial charge is 0.236 e. The molecule has 0 saturated heterocycles. The summed E-state index contributed by atoms with van der Waals surface area (Å²) >= 11 is 1.70. The molecule has 1 rings (SSSR count). The lowest BCUT2D eigenvalue weighted by atomic mass is 10.7. The summed E-state index contributed by atoms with van der Waals surface area (Å²) in [6, 6.07) is 0. The van der Waals surface area contributed by atoms with Gasteiger partial charge in [0.25, 0.3) is 6.33 Å². The summed E-state index contributed by atoms with van der Waals surface area (Å²) in [5, 5.41) is 0. The lowest BCUT2D eigenvalue weighted by molar-refractivity contribution is -0.692. The van der Waals surface area contributed by atoms with Crippen LogP contribution in [-0.2, 0) is 6.54 Å². The van der Waals surface area contributed by atoms with Gasteiger partial charge in [0.1, 0.15) is 12.4 Å². The average molecular weight is 143 g/mol. The minimum Gasteiger partial charge on any atom is -0.236 e. The zero-order chi connectivity index (χ0) is 6.69. The van der Waals surface area contributed by atoms with Crippen molar-refractivity contribution in [1.82, 2.24) is 3.97 Å². The molecule has 9 heavy (non-hydrogen) atoms. The Kier molecular flexibility index (Phi) is 2.16. The zero-order valence-electron chi connectivity index (χ0n) is 5.74. The number of aryl methyl sites for hydroxylation is 1. The molecule has 3 heteroatoms. The van der Waals surface area contributed by atoms with Crippen molar-refractivity contribution in [3.8, 4) is 0 Å². The first-order chi connectivity index (χ1) is 4.36. The molecule has 0 fully saturated rings. The fraction of sp³-hybridized carbons (Fsp3) is 0.500. The minimum absolute atomic E-state index is 1.05. The molecular weight excluding hydrogens is 132 g/mol. The highest BCUT2D eigenvalue weighted by molar-refractivity contribution is 7.97. The van der Waals surface area contributed by atoms with Crippen molar-refractivity contribution in [2.24, 2.45) is 0 Å². The molecule has 0 atom stereocenters. The Morgan fingerprint density at radius 3 is 2.78 bits per heavy atom. The highest BCUT2D eigenvalue weighted by Gasteiger charge is 1.97. The standard InChI is InChI=1S/C6H11N2S/c1-3-7-4-5-8(6-7)9-2/h4-6H,3H2,1-2H3/q+1. The zero-order valence-corrected chi connectivity index (χ0v) is 6.56. The second kappa shape index (κ2) is 2.92. The molecule has 2 nitrogen and oxygen atoms in total. The van der Waals surface area contributed by atoms with Crippen LogP contribution in [0, 0.1) is 0 Å². The summed E-state index contributed by atoms with van der Waals surface area (Å²) in [5.41, 5.74) is 0. The van der Waals surface area contributed by atoms with Gasteiger partial charge < -0.3 is 0 Å². The first kappa shape index (κ1) is 6.68. The number of imidazole rings is 1. The van der Waals surface area contributed by atoms with Crippen molar-refractivity contribution < 1.29 is 4.57 Å². The van der Waals surface area contributed by atoms with E-state index in [0.29, 0.717) is 0 Å². The van der Waals surface area contributed by atoms with Gasteiger partial charge in [-0.1, -0.05) is 0 Å². The fourth-order valence-corrected chi connectivity index (χ4v) is 1.06. The molecule has 0 aromatic carbocycles. The lowest BCUT2D eigenvalue weighted by Gasteiger charge is -1.83. The summed E-state index contributed by atoms with van der Waals surface area (Å²) in [4.78, 5) is 0. The van der Waals surface area contributed by atoms with E-state index in [-0.39, 0.29) is 0 Å². The third-order valence-electron chi connectivity index (χ3n) is 1.24. The molecule has 0 radical (unpaired) electrons. The van der Waals surface area contributed by atoms with Crippen molar-refractivity contribution in [2.75, 3.05) is 6.26 Å². The second-order valence-electron chi connectivity index (χ2n) is 1.79. The van der Waals surface area contributed by atoms with Gasteiger partial charge >= 0.3 is 0 Å². The van der Waals surface area contributed by atoms with Crippen LogP contribution >= 0.6 is 11.9 Å². The maximum absolute atomic E-state index is 2.14. The monoisotopic (exact) mass is 143 g/mol. The second-order valence-corrected chi connectivity index (χ2v) is 2.57. The highest BCUT2D eigenvalue weighted by atomic mass is 32.2. The van der Waals surface area contributed by atoms with Crippen LogP contribution in [0.5, 0.6) is 0 Å². The SMILES string of the molecule is CC[n+]1ccn(SC)c1. The third-order valence-corrected chi connectivity index (χ3v) is 1.88. The van der Waals surface area contributed by atoms with E-state index in [2.05, 4.69) is 34.2 Å². The predicted molar refractivity (Wildman–Crippen MR) is 39.2 cm³/mol. The van der Waals surface area contributed by atoms with E-state index >= 15 is 0 Å². The van der Waals surface area contributed by atoms with E-state index in [1.165, 1.54) is 0 Å². The van der Waals surface area contributed by atoms with E-state index in [9.17, 15) is 0 Å². The van der Waals surface area contributed by atoms with E-state index in [0.717, 1.165) is 6.54 Å². The first-order valence-corrected chi connectivity index (χ1v) is 4.16. The number of nitrogens with zero attached hydrogens (tertiary/aromatic N) is 2. The minimum atomic E-state index is 1.05. The van der Waals surface area contributed by atoms with Gasteiger partial charge in [-0.3, -0.25) is 0 Å². The fourth-order valence-electron chi connectivity index (χ4n) is 0.670. The third kappa shape index (κ3) is 1.48. The van der Waals surface area contributed by atoms with Crippen LogP contribution in [0.1, 0.15) is 6.92 Å². The predicted octanol–water partition coefficient (Wildman–Crippen LogP) is 0.922. The molecule has 0 aliphatic carbocycles. The largest absolute Gasteiger partial charge is 0.255 e. The van der Waals surface area contributed by atoms with Gasteiger partial charge in [0.2, 0.25) is 0 Å². The Labute approximate surface area is 59.6 Å². The van der Waals surface area contributed by atoms with Crippen molar-refractivity contribution in [3.63, 3.8) is 0 Å². The summed E-state index contributed by atoms with van der Waals surface area (Å²) < 4.78 is 4.21. The summed E-state index contributed by atoms with van der Waals surface area (Å²) in [5.74, 6) is 0. The van der Waals surface area contributed by atoms with E-state index in [1.54, 1.807) is 11.9 Å². The van der Waals surface area contributed by atoms with Gasteiger partial charge in [0.05, 0.1) is 18.5 Å². The maximum atomic E-state index is 2.14. The van der Waals surface area contributed by atoms with Crippen LogP contribution in [-0.4, -0.2) is 10.2 Å². The Morgan fingerprint density at radius 1 is 1.67 bits per heavy atom. The molecule has 0 N–H and O–H groups in total. The summed E-state index contributed by atoms with van der Waals surface area (Å²) in [7, 11) is 0. The van der Waals surface area contributed by atoms with Gasteiger partial charge in [0, 0.05) is 6.26 Å².